The lowest BCUT2D eigenvalue weighted by atomic mass is 10.0. The zero-order valence-electron chi connectivity index (χ0n) is 23.7. The number of carbonyl (C=O) groups is 3. The predicted octanol–water partition coefficient (Wildman–Crippen LogP) is 2.24. The highest BCUT2D eigenvalue weighted by Gasteiger charge is 2.30. The molecule has 224 valence electrons. The molecule has 0 spiro atoms. The van der Waals surface area contributed by atoms with E-state index >= 15 is 0 Å². The normalized spacial score (nSPS) is 12.5. The maximum absolute atomic E-state index is 13.5. The number of likely N-dealkylation sites (N-methyl/N-ethyl adjacent to an activating group) is 2. The van der Waals surface area contributed by atoms with Gasteiger partial charge in [0, 0.05) is 33.3 Å². The smallest absolute Gasteiger partial charge is 0.330 e. The summed E-state index contributed by atoms with van der Waals surface area (Å²) in [6.45, 7) is 0. The van der Waals surface area contributed by atoms with Crippen molar-refractivity contribution in [3.05, 3.63) is 95.8 Å². The lowest BCUT2D eigenvalue weighted by Crippen LogP contribution is -2.56. The number of halogens is 1. The first-order valence-corrected chi connectivity index (χ1v) is 14.4. The van der Waals surface area contributed by atoms with Gasteiger partial charge in [-0.15, -0.1) is 0 Å². The van der Waals surface area contributed by atoms with Crippen LogP contribution in [0.4, 0.5) is 14.9 Å². The maximum atomic E-state index is 13.5. The van der Waals surface area contributed by atoms with Gasteiger partial charge in [0.2, 0.25) is 11.8 Å². The molecule has 4 amide bonds. The molecule has 13 heteroatoms. The average molecular weight is 600 g/mol. The number of carbonyl (C=O) groups excluding carboxylic acids is 3. The second-order valence-electron chi connectivity index (χ2n) is 9.65. The molecule has 0 aliphatic heterocycles. The largest absolute Gasteiger partial charge is 0.497 e. The Morgan fingerprint density at radius 3 is 1.95 bits per heavy atom. The Morgan fingerprint density at radius 2 is 1.38 bits per heavy atom. The Bertz CT molecular complexity index is 1470. The number of hydrogen-bond donors (Lipinski definition) is 3. The Balaban J connectivity index is 1.77. The van der Waals surface area contributed by atoms with Crippen molar-refractivity contribution in [2.75, 3.05) is 33.2 Å². The first-order chi connectivity index (χ1) is 19.9. The standard InChI is InChI=1S/C29H34FN5O6S/c1-34(2)27(36)26(19-21-10-12-22(30)13-11-21)32-42(39,40)33-29(38)31-25(18-20-8-6-5-7-9-20)28(37)35(3)23-14-16-24(41-4)17-15-23/h5-17,25-26,32H,18-19H2,1-4H3,(H2,31,33,38)/t25-,26-/m0/s1. The van der Waals surface area contributed by atoms with E-state index in [9.17, 15) is 27.2 Å². The van der Waals surface area contributed by atoms with Gasteiger partial charge in [-0.25, -0.2) is 13.9 Å². The summed E-state index contributed by atoms with van der Waals surface area (Å²) in [5.74, 6) is -0.962. The molecule has 0 fully saturated rings. The van der Waals surface area contributed by atoms with Gasteiger partial charge in [-0.2, -0.15) is 13.1 Å². The first-order valence-electron chi connectivity index (χ1n) is 12.9. The molecule has 0 saturated heterocycles. The number of rotatable bonds is 12. The SMILES string of the molecule is COc1ccc(N(C)C(=O)[C@H](Cc2ccccc2)NC(=O)NS(=O)(=O)N[C@@H](Cc2ccc(F)cc2)C(=O)N(C)C)cc1. The number of ether oxygens (including phenoxy) is 1. The maximum Gasteiger partial charge on any atom is 0.330 e. The highest BCUT2D eigenvalue weighted by atomic mass is 32.2. The summed E-state index contributed by atoms with van der Waals surface area (Å²) in [7, 11) is 1.38. The molecule has 0 unspecified atom stereocenters. The fourth-order valence-electron chi connectivity index (χ4n) is 4.09. The van der Waals surface area contributed by atoms with Gasteiger partial charge in [0.1, 0.15) is 23.7 Å². The molecule has 0 saturated carbocycles. The molecule has 11 nitrogen and oxygen atoms in total. The lowest BCUT2D eigenvalue weighted by molar-refractivity contribution is -0.130. The van der Waals surface area contributed by atoms with Crippen molar-refractivity contribution in [2.45, 2.75) is 24.9 Å². The number of nitrogens with one attached hydrogen (secondary N) is 3. The molecular weight excluding hydrogens is 565 g/mol. The summed E-state index contributed by atoms with van der Waals surface area (Å²) in [6.07, 6.45) is -0.0189. The Hall–Kier alpha value is -4.49. The van der Waals surface area contributed by atoms with Crippen LogP contribution >= 0.6 is 0 Å². The second-order valence-corrected chi connectivity index (χ2v) is 11.1. The Labute approximate surface area is 244 Å². The molecule has 0 aliphatic rings. The number of urea groups is 1. The van der Waals surface area contributed by atoms with Crippen LogP contribution in [0.1, 0.15) is 11.1 Å². The van der Waals surface area contributed by atoms with Gasteiger partial charge >= 0.3 is 16.2 Å². The van der Waals surface area contributed by atoms with Crippen LogP contribution in [-0.2, 0) is 32.6 Å². The molecule has 3 aromatic rings. The third kappa shape index (κ3) is 9.28. The summed E-state index contributed by atoms with van der Waals surface area (Å²) >= 11 is 0. The van der Waals surface area contributed by atoms with Crippen molar-refractivity contribution >= 4 is 33.7 Å². The second kappa shape index (κ2) is 14.4. The number of hydrogen-bond acceptors (Lipinski definition) is 6. The number of methoxy groups -OCH3 is 1. The molecule has 0 bridgehead atoms. The van der Waals surface area contributed by atoms with Crippen molar-refractivity contribution in [3.63, 3.8) is 0 Å². The summed E-state index contributed by atoms with van der Waals surface area (Å²) in [5.41, 5.74) is 1.76. The van der Waals surface area contributed by atoms with E-state index < -0.39 is 46.0 Å². The van der Waals surface area contributed by atoms with E-state index in [2.05, 4.69) is 10.0 Å². The Morgan fingerprint density at radius 1 is 0.810 bits per heavy atom. The summed E-state index contributed by atoms with van der Waals surface area (Å²) in [6, 6.07) is 17.3. The van der Waals surface area contributed by atoms with Gasteiger partial charge in [0.25, 0.3) is 0 Å². The topological polar surface area (TPSA) is 137 Å². The molecule has 3 aromatic carbocycles. The van der Waals surface area contributed by atoms with Crippen LogP contribution in [-0.4, -0.2) is 71.5 Å². The molecule has 2 atom stereocenters. The van der Waals surface area contributed by atoms with Crippen LogP contribution in [0.2, 0.25) is 0 Å². The quantitative estimate of drug-likeness (QED) is 0.292. The Kier molecular flexibility index (Phi) is 11.0. The summed E-state index contributed by atoms with van der Waals surface area (Å²) in [4.78, 5) is 41.7. The fraction of sp³-hybridized carbons (Fsp3) is 0.276. The van der Waals surface area contributed by atoms with Gasteiger partial charge in [0.15, 0.2) is 0 Å². The third-order valence-electron chi connectivity index (χ3n) is 6.29. The van der Waals surface area contributed by atoms with Crippen LogP contribution in [0.25, 0.3) is 0 Å². The van der Waals surface area contributed by atoms with Crippen molar-refractivity contribution in [1.82, 2.24) is 19.7 Å². The zero-order chi connectivity index (χ0) is 30.9. The molecule has 3 rings (SSSR count). The van der Waals surface area contributed by atoms with E-state index in [4.69, 9.17) is 4.74 Å². The van der Waals surface area contributed by atoms with Crippen LogP contribution in [0.15, 0.2) is 78.9 Å². The highest BCUT2D eigenvalue weighted by molar-refractivity contribution is 7.88. The fourth-order valence-corrected chi connectivity index (χ4v) is 5.01. The van der Waals surface area contributed by atoms with Crippen molar-refractivity contribution in [3.8, 4) is 5.75 Å². The molecule has 0 aromatic heterocycles. The minimum atomic E-state index is -4.58. The molecule has 0 radical (unpaired) electrons. The van der Waals surface area contributed by atoms with Gasteiger partial charge in [-0.3, -0.25) is 9.59 Å². The molecule has 3 N–H and O–H groups in total. The van der Waals surface area contributed by atoms with Gasteiger partial charge in [-0.05, 0) is 53.9 Å². The van der Waals surface area contributed by atoms with Crippen molar-refractivity contribution in [2.24, 2.45) is 0 Å². The van der Waals surface area contributed by atoms with Crippen LogP contribution in [0.3, 0.4) is 0 Å². The molecule has 0 aliphatic carbocycles. The highest BCUT2D eigenvalue weighted by Crippen LogP contribution is 2.19. The van der Waals surface area contributed by atoms with E-state index in [0.29, 0.717) is 17.0 Å². The first kappa shape index (κ1) is 32.0. The van der Waals surface area contributed by atoms with E-state index in [1.165, 1.54) is 62.3 Å². The van der Waals surface area contributed by atoms with Crippen LogP contribution in [0.5, 0.6) is 5.75 Å². The third-order valence-corrected chi connectivity index (χ3v) is 7.34. The number of anilines is 1. The van der Waals surface area contributed by atoms with Crippen molar-refractivity contribution in [1.29, 1.82) is 0 Å². The van der Waals surface area contributed by atoms with E-state index in [1.807, 2.05) is 4.72 Å². The van der Waals surface area contributed by atoms with E-state index in [-0.39, 0.29) is 12.8 Å². The number of benzene rings is 3. The molecule has 0 heterocycles. The zero-order valence-corrected chi connectivity index (χ0v) is 24.5. The predicted molar refractivity (Wildman–Crippen MR) is 157 cm³/mol. The minimum Gasteiger partial charge on any atom is -0.497 e. The summed E-state index contributed by atoms with van der Waals surface area (Å²) in [5, 5.41) is 2.45. The minimum absolute atomic E-state index is 0.0768. The van der Waals surface area contributed by atoms with Gasteiger partial charge in [-0.1, -0.05) is 42.5 Å². The van der Waals surface area contributed by atoms with Crippen LogP contribution in [0, 0.1) is 5.82 Å². The van der Waals surface area contributed by atoms with Crippen LogP contribution < -0.4 is 24.4 Å². The van der Waals surface area contributed by atoms with Gasteiger partial charge in [0.05, 0.1) is 7.11 Å². The number of amides is 4. The lowest BCUT2D eigenvalue weighted by Gasteiger charge is -2.26. The molecule has 42 heavy (non-hydrogen) atoms. The van der Waals surface area contributed by atoms with Crippen molar-refractivity contribution < 1.29 is 31.9 Å². The van der Waals surface area contributed by atoms with E-state index in [0.717, 1.165) is 5.56 Å². The number of nitrogens with zero attached hydrogens (tertiary/aromatic N) is 2. The summed E-state index contributed by atoms with van der Waals surface area (Å²) < 4.78 is 48.4. The monoisotopic (exact) mass is 599 g/mol. The molecular formula is C29H34FN5O6S. The van der Waals surface area contributed by atoms with Gasteiger partial charge < -0.3 is 19.9 Å². The van der Waals surface area contributed by atoms with E-state index in [1.54, 1.807) is 54.6 Å². The average Bonchev–Trinajstić information content (AvgIpc) is 2.96.